The summed E-state index contributed by atoms with van der Waals surface area (Å²) in [5.41, 5.74) is 0.461. The van der Waals surface area contributed by atoms with Gasteiger partial charge in [0.25, 0.3) is 5.95 Å². The third-order valence-electron chi connectivity index (χ3n) is 2.42. The molecule has 2 aromatic heterocycles. The van der Waals surface area contributed by atoms with Crippen LogP contribution in [0.3, 0.4) is 0 Å². The first-order chi connectivity index (χ1) is 9.05. The smallest absolute Gasteiger partial charge is 0.339 e. The van der Waals surface area contributed by atoms with E-state index in [1.54, 1.807) is 6.92 Å². The highest BCUT2D eigenvalue weighted by atomic mass is 16.5. The van der Waals surface area contributed by atoms with E-state index in [1.165, 1.54) is 31.2 Å². The number of aromatic nitrogens is 4. The average molecular weight is 264 g/mol. The second-order valence-corrected chi connectivity index (χ2v) is 3.63. The number of rotatable bonds is 4. The predicted molar refractivity (Wildman–Crippen MR) is 64.0 cm³/mol. The van der Waals surface area contributed by atoms with Gasteiger partial charge >= 0.3 is 5.97 Å². The first-order valence-electron chi connectivity index (χ1n) is 5.32. The highest BCUT2D eigenvalue weighted by Crippen LogP contribution is 2.17. The molecule has 2 rings (SSSR count). The van der Waals surface area contributed by atoms with Crippen LogP contribution >= 0.6 is 0 Å². The lowest BCUT2D eigenvalue weighted by molar-refractivity contribution is 0.0696. The third-order valence-corrected chi connectivity index (χ3v) is 2.42. The Morgan fingerprint density at radius 2 is 1.84 bits per heavy atom. The standard InChI is InChI=1S/C11H12N4O4/c1-6-7(10(16)17)5-15(14-6)11-12-8(18-2)4-9(13-11)19-3/h4-5H,1-3H3,(H,16,17). The van der Waals surface area contributed by atoms with E-state index in [4.69, 9.17) is 14.6 Å². The molecule has 8 heteroatoms. The molecule has 0 aliphatic carbocycles. The summed E-state index contributed by atoms with van der Waals surface area (Å²) < 4.78 is 11.3. The van der Waals surface area contributed by atoms with Gasteiger partial charge in [-0.1, -0.05) is 0 Å². The molecule has 0 aromatic carbocycles. The minimum absolute atomic E-state index is 0.0883. The Labute approximate surface area is 108 Å². The summed E-state index contributed by atoms with van der Waals surface area (Å²) in [6.45, 7) is 1.59. The monoisotopic (exact) mass is 264 g/mol. The summed E-state index contributed by atoms with van der Waals surface area (Å²) in [6.07, 6.45) is 1.34. The van der Waals surface area contributed by atoms with E-state index >= 15 is 0 Å². The summed E-state index contributed by atoms with van der Waals surface area (Å²) in [5.74, 6) is -0.288. The predicted octanol–water partition coefficient (Wildman–Crippen LogP) is 0.686. The molecule has 8 nitrogen and oxygen atoms in total. The number of hydrogen-bond donors (Lipinski definition) is 1. The fraction of sp³-hybridized carbons (Fsp3) is 0.273. The average Bonchev–Trinajstić information content (AvgIpc) is 2.80. The number of carboxylic acid groups (broad SMARTS) is 1. The van der Waals surface area contributed by atoms with Crippen LogP contribution in [0.5, 0.6) is 11.8 Å². The number of aromatic carboxylic acids is 1. The first kappa shape index (κ1) is 12.8. The molecule has 0 unspecified atom stereocenters. The quantitative estimate of drug-likeness (QED) is 0.866. The number of methoxy groups -OCH3 is 2. The van der Waals surface area contributed by atoms with E-state index in [2.05, 4.69) is 15.1 Å². The van der Waals surface area contributed by atoms with Gasteiger partial charge in [-0.05, 0) is 6.92 Å². The van der Waals surface area contributed by atoms with Crippen LogP contribution in [0, 0.1) is 6.92 Å². The van der Waals surface area contributed by atoms with Crippen LogP contribution in [0.2, 0.25) is 0 Å². The van der Waals surface area contributed by atoms with Gasteiger partial charge < -0.3 is 14.6 Å². The summed E-state index contributed by atoms with van der Waals surface area (Å²) in [4.78, 5) is 19.1. The summed E-state index contributed by atoms with van der Waals surface area (Å²) in [7, 11) is 2.92. The fourth-order valence-corrected chi connectivity index (χ4v) is 1.48. The van der Waals surface area contributed by atoms with E-state index in [1.807, 2.05) is 0 Å². The number of aryl methyl sites for hydroxylation is 1. The molecule has 19 heavy (non-hydrogen) atoms. The maximum atomic E-state index is 11.0. The SMILES string of the molecule is COc1cc(OC)nc(-n2cc(C(=O)O)c(C)n2)n1. The van der Waals surface area contributed by atoms with Gasteiger partial charge in [0.05, 0.1) is 26.0 Å². The second kappa shape index (κ2) is 4.92. The van der Waals surface area contributed by atoms with Crippen molar-refractivity contribution in [3.05, 3.63) is 23.5 Å². The van der Waals surface area contributed by atoms with Gasteiger partial charge in [0.1, 0.15) is 5.56 Å². The topological polar surface area (TPSA) is 99.4 Å². The fourth-order valence-electron chi connectivity index (χ4n) is 1.48. The lowest BCUT2D eigenvalue weighted by Gasteiger charge is -2.05. The Morgan fingerprint density at radius 1 is 1.26 bits per heavy atom. The molecule has 0 radical (unpaired) electrons. The molecule has 0 fully saturated rings. The summed E-state index contributed by atoms with van der Waals surface area (Å²) >= 11 is 0. The molecule has 0 aliphatic heterocycles. The Balaban J connectivity index is 2.51. The summed E-state index contributed by atoms with van der Waals surface area (Å²) in [5, 5.41) is 13.0. The Hall–Kier alpha value is -2.64. The molecule has 0 spiro atoms. The van der Waals surface area contributed by atoms with Crippen molar-refractivity contribution in [2.45, 2.75) is 6.92 Å². The minimum atomic E-state index is -1.06. The van der Waals surface area contributed by atoms with Crippen molar-refractivity contribution < 1.29 is 19.4 Å². The number of nitrogens with zero attached hydrogens (tertiary/aromatic N) is 4. The van der Waals surface area contributed by atoms with Gasteiger partial charge in [-0.2, -0.15) is 15.1 Å². The maximum absolute atomic E-state index is 11.0. The van der Waals surface area contributed by atoms with Crippen LogP contribution in [-0.4, -0.2) is 45.0 Å². The largest absolute Gasteiger partial charge is 0.481 e. The van der Waals surface area contributed by atoms with Gasteiger partial charge in [-0.15, -0.1) is 0 Å². The van der Waals surface area contributed by atoms with Crippen molar-refractivity contribution in [2.75, 3.05) is 14.2 Å². The lowest BCUT2D eigenvalue weighted by atomic mass is 10.3. The van der Waals surface area contributed by atoms with Crippen LogP contribution in [0.25, 0.3) is 5.95 Å². The molecule has 0 atom stereocenters. The van der Waals surface area contributed by atoms with E-state index < -0.39 is 5.97 Å². The Bertz CT molecular complexity index is 601. The molecule has 0 bridgehead atoms. The van der Waals surface area contributed by atoms with Crippen molar-refractivity contribution in [1.29, 1.82) is 0 Å². The molecular formula is C11H12N4O4. The van der Waals surface area contributed by atoms with Crippen LogP contribution in [0.4, 0.5) is 0 Å². The lowest BCUT2D eigenvalue weighted by Crippen LogP contribution is -2.05. The zero-order valence-corrected chi connectivity index (χ0v) is 10.6. The summed E-state index contributed by atoms with van der Waals surface area (Å²) in [6, 6.07) is 1.51. The van der Waals surface area contributed by atoms with Crippen molar-refractivity contribution in [2.24, 2.45) is 0 Å². The van der Waals surface area contributed by atoms with Crippen LogP contribution in [0.15, 0.2) is 12.3 Å². The van der Waals surface area contributed by atoms with E-state index in [-0.39, 0.29) is 11.5 Å². The molecule has 1 N–H and O–H groups in total. The highest BCUT2D eigenvalue weighted by molar-refractivity contribution is 5.88. The van der Waals surface area contributed by atoms with Crippen LogP contribution in [0.1, 0.15) is 16.1 Å². The van der Waals surface area contributed by atoms with Crippen molar-refractivity contribution >= 4 is 5.97 Å². The second-order valence-electron chi connectivity index (χ2n) is 3.63. The molecule has 0 aliphatic rings. The van der Waals surface area contributed by atoms with Gasteiger partial charge in [0.15, 0.2) is 0 Å². The number of hydrogen-bond acceptors (Lipinski definition) is 6. The van der Waals surface area contributed by atoms with Gasteiger partial charge in [-0.25, -0.2) is 9.48 Å². The number of ether oxygens (including phenoxy) is 2. The van der Waals surface area contributed by atoms with E-state index in [0.29, 0.717) is 17.5 Å². The zero-order valence-electron chi connectivity index (χ0n) is 10.6. The molecular weight excluding hydrogens is 252 g/mol. The van der Waals surface area contributed by atoms with Crippen molar-refractivity contribution in [3.63, 3.8) is 0 Å². The molecule has 0 saturated heterocycles. The van der Waals surface area contributed by atoms with Crippen molar-refractivity contribution in [1.82, 2.24) is 19.7 Å². The molecule has 2 aromatic rings. The minimum Gasteiger partial charge on any atom is -0.481 e. The van der Waals surface area contributed by atoms with E-state index in [9.17, 15) is 4.79 Å². The Kier molecular flexibility index (Phi) is 3.32. The maximum Gasteiger partial charge on any atom is 0.339 e. The van der Waals surface area contributed by atoms with Gasteiger partial charge in [0, 0.05) is 6.20 Å². The highest BCUT2D eigenvalue weighted by Gasteiger charge is 2.15. The zero-order chi connectivity index (χ0) is 14.0. The first-order valence-corrected chi connectivity index (χ1v) is 5.32. The van der Waals surface area contributed by atoms with Gasteiger partial charge in [-0.3, -0.25) is 0 Å². The van der Waals surface area contributed by atoms with Crippen molar-refractivity contribution in [3.8, 4) is 17.7 Å². The Morgan fingerprint density at radius 3 is 2.26 bits per heavy atom. The normalized spacial score (nSPS) is 10.3. The number of carbonyl (C=O) groups is 1. The van der Waals surface area contributed by atoms with E-state index in [0.717, 1.165) is 0 Å². The molecule has 0 amide bonds. The van der Waals surface area contributed by atoms with Gasteiger partial charge in [0.2, 0.25) is 11.8 Å². The molecule has 2 heterocycles. The van der Waals surface area contributed by atoms with Crippen LogP contribution in [-0.2, 0) is 0 Å². The third kappa shape index (κ3) is 2.46. The van der Waals surface area contributed by atoms with Crippen LogP contribution < -0.4 is 9.47 Å². The molecule has 0 saturated carbocycles. The number of carboxylic acids is 1. The molecule has 100 valence electrons.